The van der Waals surface area contributed by atoms with Gasteiger partial charge in [-0.05, 0) is 65.3 Å². The van der Waals surface area contributed by atoms with Crippen molar-refractivity contribution in [3.8, 4) is 21.9 Å². The number of esters is 2. The molecule has 1 aromatic heterocycles. The summed E-state index contributed by atoms with van der Waals surface area (Å²) in [7, 11) is -1.03. The molecule has 0 saturated heterocycles. The summed E-state index contributed by atoms with van der Waals surface area (Å²) >= 11 is 5.17. The zero-order valence-corrected chi connectivity index (χ0v) is 24.4. The standard InChI is InChI=1S/C28H21NO8S4/c1-18(41(33,34)21-7-3-2-4-8-21)27(29-32)35-16-15-25(30)37-23-10-6-5-9-22(23)28(31)36-20-13-11-19(12-14-20)24-17-26(38)40-39-24/h2-14,17,32H,1,15-16H2/b29-27+. The number of para-hydroxylation sites is 1. The molecule has 210 valence electrons. The Bertz CT molecular complexity index is 1760. The molecule has 9 nitrogen and oxygen atoms in total. The van der Waals surface area contributed by atoms with Crippen LogP contribution in [0.3, 0.4) is 0 Å². The molecule has 1 N–H and O–H groups in total. The van der Waals surface area contributed by atoms with Crippen molar-refractivity contribution in [2.75, 3.05) is 6.61 Å². The molecule has 0 amide bonds. The Hall–Kier alpha value is -4.17. The molecule has 0 fully saturated rings. The predicted octanol–water partition coefficient (Wildman–Crippen LogP) is 6.51. The van der Waals surface area contributed by atoms with E-state index >= 15 is 0 Å². The molecule has 4 aromatic rings. The minimum absolute atomic E-state index is 0.0154. The summed E-state index contributed by atoms with van der Waals surface area (Å²) in [6.07, 6.45) is -0.363. The SMILES string of the molecule is C=C(/C(=N\O)OCCC(=O)Oc1ccccc1C(=O)Oc1ccc(-c2cc(=S)ss2)cc1)S(=O)(=O)c1ccccc1. The Morgan fingerprint density at radius 3 is 2.27 bits per heavy atom. The average Bonchev–Trinajstić information content (AvgIpc) is 3.42. The quantitative estimate of drug-likeness (QED) is 0.0306. The molecule has 0 saturated carbocycles. The molecule has 4 rings (SSSR count). The molecule has 13 heteroatoms. The molecule has 41 heavy (non-hydrogen) atoms. The van der Waals surface area contributed by atoms with Crippen LogP contribution in [0.1, 0.15) is 16.8 Å². The minimum Gasteiger partial charge on any atom is -0.474 e. The number of ether oxygens (including phenoxy) is 3. The first-order valence-electron chi connectivity index (χ1n) is 11.8. The lowest BCUT2D eigenvalue weighted by molar-refractivity contribution is -0.135. The van der Waals surface area contributed by atoms with Crippen molar-refractivity contribution in [3.63, 3.8) is 0 Å². The number of hydrogen-bond donors (Lipinski definition) is 1. The first kappa shape index (κ1) is 29.8. The van der Waals surface area contributed by atoms with Gasteiger partial charge in [-0.2, -0.15) is 0 Å². The highest BCUT2D eigenvalue weighted by Crippen LogP contribution is 2.31. The van der Waals surface area contributed by atoms with E-state index in [-0.39, 0.29) is 22.6 Å². The van der Waals surface area contributed by atoms with Crippen molar-refractivity contribution in [2.45, 2.75) is 11.3 Å². The van der Waals surface area contributed by atoms with Gasteiger partial charge >= 0.3 is 11.9 Å². The largest absolute Gasteiger partial charge is 0.474 e. The molecule has 0 aliphatic rings. The predicted molar refractivity (Wildman–Crippen MR) is 158 cm³/mol. The van der Waals surface area contributed by atoms with Crippen molar-refractivity contribution < 1.29 is 37.4 Å². The summed E-state index contributed by atoms with van der Waals surface area (Å²) in [4.78, 5) is 25.7. The van der Waals surface area contributed by atoms with Gasteiger partial charge in [-0.15, -0.1) is 0 Å². The Morgan fingerprint density at radius 2 is 1.61 bits per heavy atom. The van der Waals surface area contributed by atoms with Gasteiger partial charge in [0.25, 0.3) is 5.90 Å². The maximum absolute atomic E-state index is 12.8. The Kier molecular flexibility index (Phi) is 9.78. The van der Waals surface area contributed by atoms with Crippen LogP contribution < -0.4 is 9.47 Å². The molecule has 0 unspecified atom stereocenters. The Morgan fingerprint density at radius 1 is 0.927 bits per heavy atom. The van der Waals surface area contributed by atoms with Crippen LogP contribution in [-0.4, -0.2) is 38.1 Å². The smallest absolute Gasteiger partial charge is 0.347 e. The van der Waals surface area contributed by atoms with Gasteiger partial charge < -0.3 is 19.4 Å². The summed E-state index contributed by atoms with van der Waals surface area (Å²) in [5, 5.41) is 12.1. The fraction of sp³-hybridized carbons (Fsp3) is 0.0714. The number of rotatable bonds is 10. The van der Waals surface area contributed by atoms with Crippen LogP contribution in [0.5, 0.6) is 11.5 Å². The van der Waals surface area contributed by atoms with Crippen molar-refractivity contribution in [2.24, 2.45) is 5.16 Å². The van der Waals surface area contributed by atoms with Crippen molar-refractivity contribution in [3.05, 3.63) is 106 Å². The summed E-state index contributed by atoms with van der Waals surface area (Å²) in [5.74, 6) is -1.93. The van der Waals surface area contributed by atoms with Gasteiger partial charge in [0.2, 0.25) is 9.84 Å². The first-order chi connectivity index (χ1) is 19.7. The Labute approximate surface area is 247 Å². The van der Waals surface area contributed by atoms with Gasteiger partial charge in [-0.25, -0.2) is 13.2 Å². The number of oxime groups is 1. The van der Waals surface area contributed by atoms with E-state index in [0.29, 0.717) is 5.75 Å². The molecule has 0 bridgehead atoms. The summed E-state index contributed by atoms with van der Waals surface area (Å²) in [6.45, 7) is 3.06. The lowest BCUT2D eigenvalue weighted by atomic mass is 10.2. The van der Waals surface area contributed by atoms with Gasteiger partial charge in [0, 0.05) is 4.88 Å². The fourth-order valence-electron chi connectivity index (χ4n) is 3.37. The number of sulfone groups is 1. The molecule has 0 spiro atoms. The highest BCUT2D eigenvalue weighted by Gasteiger charge is 2.25. The van der Waals surface area contributed by atoms with Crippen molar-refractivity contribution in [1.29, 1.82) is 0 Å². The van der Waals surface area contributed by atoms with E-state index in [1.165, 1.54) is 46.7 Å². The molecule has 1 heterocycles. The van der Waals surface area contributed by atoms with Crippen LogP contribution in [0, 0.1) is 3.82 Å². The third-order valence-electron chi connectivity index (χ3n) is 5.39. The molecule has 0 atom stereocenters. The highest BCUT2D eigenvalue weighted by molar-refractivity contribution is 7.96. The van der Waals surface area contributed by atoms with E-state index in [4.69, 9.17) is 26.4 Å². The first-order valence-corrected chi connectivity index (χ1v) is 15.8. The number of benzene rings is 3. The second kappa shape index (κ2) is 13.5. The zero-order chi connectivity index (χ0) is 29.4. The summed E-state index contributed by atoms with van der Waals surface area (Å²) in [5.41, 5.74) is 0.955. The van der Waals surface area contributed by atoms with E-state index in [1.807, 2.05) is 18.2 Å². The summed E-state index contributed by atoms with van der Waals surface area (Å²) in [6, 6.07) is 22.3. The number of carbonyl (C=O) groups excluding carboxylic acids is 2. The number of nitrogens with zero attached hydrogens (tertiary/aromatic N) is 1. The zero-order valence-electron chi connectivity index (χ0n) is 21.1. The van der Waals surface area contributed by atoms with Crippen LogP contribution in [0.25, 0.3) is 10.4 Å². The van der Waals surface area contributed by atoms with Crippen molar-refractivity contribution >= 4 is 60.6 Å². The molecule has 0 radical (unpaired) electrons. The fourth-order valence-corrected chi connectivity index (χ4v) is 6.90. The van der Waals surface area contributed by atoms with E-state index in [2.05, 4.69) is 11.7 Å². The van der Waals surface area contributed by atoms with Gasteiger partial charge in [-0.3, -0.25) is 4.79 Å². The van der Waals surface area contributed by atoms with Gasteiger partial charge in [0.1, 0.15) is 32.4 Å². The second-order valence-electron chi connectivity index (χ2n) is 8.12. The lowest BCUT2D eigenvalue weighted by Crippen LogP contribution is -2.19. The van der Waals surface area contributed by atoms with Gasteiger partial charge in [0.05, 0.1) is 11.3 Å². The average molecular weight is 628 g/mol. The Balaban J connectivity index is 1.34. The second-order valence-corrected chi connectivity index (χ2v) is 13.0. The van der Waals surface area contributed by atoms with E-state index < -0.39 is 39.2 Å². The monoisotopic (exact) mass is 627 g/mol. The maximum atomic E-state index is 12.8. The van der Waals surface area contributed by atoms with Gasteiger partial charge in [0.15, 0.2) is 0 Å². The molecule has 0 aliphatic carbocycles. The van der Waals surface area contributed by atoms with E-state index in [0.717, 1.165) is 14.3 Å². The molecular formula is C28H21NO8S4. The highest BCUT2D eigenvalue weighted by atomic mass is 32.9. The third kappa shape index (κ3) is 7.52. The van der Waals surface area contributed by atoms with Crippen LogP contribution in [-0.2, 0) is 19.4 Å². The molecular weight excluding hydrogens is 607 g/mol. The normalized spacial score (nSPS) is 11.5. The topological polar surface area (TPSA) is 129 Å². The number of hydrogen-bond acceptors (Lipinski definition) is 12. The van der Waals surface area contributed by atoms with E-state index in [9.17, 15) is 23.2 Å². The number of carbonyl (C=O) groups is 2. The maximum Gasteiger partial charge on any atom is 0.347 e. The lowest BCUT2D eigenvalue weighted by Gasteiger charge is -2.12. The van der Waals surface area contributed by atoms with Crippen LogP contribution in [0.15, 0.2) is 106 Å². The van der Waals surface area contributed by atoms with Crippen LogP contribution in [0.4, 0.5) is 0 Å². The van der Waals surface area contributed by atoms with Crippen molar-refractivity contribution in [1.82, 2.24) is 0 Å². The van der Waals surface area contributed by atoms with Gasteiger partial charge in [-0.1, -0.05) is 69.8 Å². The van der Waals surface area contributed by atoms with Crippen LogP contribution in [0.2, 0.25) is 0 Å². The minimum atomic E-state index is -4.09. The van der Waals surface area contributed by atoms with Crippen LogP contribution >= 0.6 is 32.9 Å². The summed E-state index contributed by atoms with van der Waals surface area (Å²) < 4.78 is 42.1. The molecule has 0 aliphatic heterocycles. The van der Waals surface area contributed by atoms with E-state index in [1.54, 1.807) is 40.7 Å². The molecule has 3 aromatic carbocycles. The third-order valence-corrected chi connectivity index (χ3v) is 10.0.